The molecule has 0 radical (unpaired) electrons. The Bertz CT molecular complexity index is 1520. The van der Waals surface area contributed by atoms with Crippen LogP contribution in [0.2, 0.25) is 0 Å². The van der Waals surface area contributed by atoms with E-state index in [1.165, 1.54) is 13.2 Å². The van der Waals surface area contributed by atoms with Crippen LogP contribution in [0.4, 0.5) is 0 Å². The van der Waals surface area contributed by atoms with Gasteiger partial charge in [0, 0.05) is 53.2 Å². The number of rotatable bonds is 10. The molecule has 0 aliphatic rings. The number of allylic oxidation sites excluding steroid dienone is 2. The zero-order chi connectivity index (χ0) is 27.4. The number of hydrogen-bond acceptors (Lipinski definition) is 7. The normalized spacial score (nSPS) is 11.0. The predicted octanol–water partition coefficient (Wildman–Crippen LogP) is 5.88. The molecule has 4 rings (SSSR count). The average Bonchev–Trinajstić information content (AvgIpc) is 3.48. The van der Waals surface area contributed by atoms with Gasteiger partial charge in [-0.15, -0.1) is 0 Å². The summed E-state index contributed by atoms with van der Waals surface area (Å²) in [5.41, 5.74) is 4.11. The average molecular weight is 518 g/mol. The molecule has 0 spiro atoms. The van der Waals surface area contributed by atoms with Crippen LogP contribution >= 0.6 is 0 Å². The number of phenolic OH excluding ortho intramolecular Hbond substituents is 3. The van der Waals surface area contributed by atoms with Gasteiger partial charge in [-0.3, -0.25) is 9.59 Å². The summed E-state index contributed by atoms with van der Waals surface area (Å²) in [4.78, 5) is 23.3. The van der Waals surface area contributed by atoms with Crippen molar-refractivity contribution in [3.8, 4) is 28.6 Å². The zero-order valence-electron chi connectivity index (χ0n) is 21.7. The van der Waals surface area contributed by atoms with Crippen molar-refractivity contribution in [2.75, 3.05) is 7.11 Å². The van der Waals surface area contributed by atoms with Gasteiger partial charge < -0.3 is 29.0 Å². The van der Waals surface area contributed by atoms with Gasteiger partial charge in [0.1, 0.15) is 28.6 Å². The van der Waals surface area contributed by atoms with Crippen LogP contribution in [-0.2, 0) is 28.9 Å². The van der Waals surface area contributed by atoms with Crippen LogP contribution < -0.4 is 0 Å². The van der Waals surface area contributed by atoms with E-state index in [0.717, 1.165) is 22.9 Å². The smallest absolute Gasteiger partial charge is 0.305 e. The lowest BCUT2D eigenvalue weighted by Crippen LogP contribution is -2.10. The van der Waals surface area contributed by atoms with Crippen LogP contribution in [0.25, 0.3) is 22.3 Å². The highest BCUT2D eigenvalue weighted by Crippen LogP contribution is 2.42. The number of nitrogens with zero attached hydrogens (tertiary/aromatic N) is 1. The van der Waals surface area contributed by atoms with Crippen LogP contribution in [0.5, 0.6) is 17.2 Å². The highest BCUT2D eigenvalue weighted by atomic mass is 16.5. The second kappa shape index (κ2) is 11.3. The van der Waals surface area contributed by atoms with Gasteiger partial charge in [-0.25, -0.2) is 0 Å². The van der Waals surface area contributed by atoms with E-state index in [2.05, 4.69) is 0 Å². The van der Waals surface area contributed by atoms with Gasteiger partial charge in [-0.2, -0.15) is 0 Å². The van der Waals surface area contributed by atoms with Gasteiger partial charge in [0.2, 0.25) is 0 Å². The van der Waals surface area contributed by atoms with Gasteiger partial charge in [0.25, 0.3) is 0 Å². The van der Waals surface area contributed by atoms with Crippen molar-refractivity contribution in [1.82, 2.24) is 4.57 Å². The fourth-order valence-corrected chi connectivity index (χ4v) is 4.52. The number of phenols is 3. The lowest BCUT2D eigenvalue weighted by molar-refractivity contribution is -0.140. The largest absolute Gasteiger partial charge is 0.508 e. The molecule has 0 unspecified atom stereocenters. The maximum atomic E-state index is 11.7. The fourth-order valence-electron chi connectivity index (χ4n) is 4.52. The van der Waals surface area contributed by atoms with Gasteiger partial charge in [-0.05, 0) is 63.1 Å². The predicted molar refractivity (Wildman–Crippen MR) is 144 cm³/mol. The third-order valence-corrected chi connectivity index (χ3v) is 6.54. The minimum absolute atomic E-state index is 0.0595. The van der Waals surface area contributed by atoms with E-state index in [0.29, 0.717) is 53.1 Å². The standard InChI is InChI=1S/C30H31NO7/c1-18(2)6-11-23-26(34)16-24(28-13-19-7-10-22(33)15-27(19)38-28)25(30(23)36)14-20-8-9-21(17-32)31(20)12-4-5-29(35)37-3/h6-10,13,15-17,33-34,36H,4-5,11-12,14H2,1-3H3. The molecule has 0 atom stereocenters. The summed E-state index contributed by atoms with van der Waals surface area (Å²) in [7, 11) is 1.33. The van der Waals surface area contributed by atoms with Crippen molar-refractivity contribution < 1.29 is 34.1 Å². The zero-order valence-corrected chi connectivity index (χ0v) is 21.7. The van der Waals surface area contributed by atoms with Crippen molar-refractivity contribution in [2.24, 2.45) is 0 Å². The Hall–Kier alpha value is -4.46. The Balaban J connectivity index is 1.82. The number of carbonyl (C=O) groups is 2. The van der Waals surface area contributed by atoms with E-state index in [-0.39, 0.29) is 36.1 Å². The van der Waals surface area contributed by atoms with Gasteiger partial charge >= 0.3 is 5.97 Å². The first-order chi connectivity index (χ1) is 18.2. The number of furan rings is 1. The molecule has 8 nitrogen and oxygen atoms in total. The molecule has 2 aromatic carbocycles. The Kier molecular flexibility index (Phi) is 7.90. The molecular formula is C30H31NO7. The number of carbonyl (C=O) groups excluding carboxylic acids is 2. The van der Waals surface area contributed by atoms with E-state index < -0.39 is 0 Å². The number of ether oxygens (including phenoxy) is 1. The molecular weight excluding hydrogens is 486 g/mol. The molecule has 0 amide bonds. The topological polar surface area (TPSA) is 122 Å². The molecule has 0 aliphatic carbocycles. The summed E-state index contributed by atoms with van der Waals surface area (Å²) in [5.74, 6) is 0.0245. The van der Waals surface area contributed by atoms with Crippen LogP contribution in [0, 0.1) is 0 Å². The second-order valence-electron chi connectivity index (χ2n) is 9.44. The molecule has 38 heavy (non-hydrogen) atoms. The minimum Gasteiger partial charge on any atom is -0.508 e. The van der Waals surface area contributed by atoms with Crippen molar-refractivity contribution >= 4 is 23.2 Å². The number of hydrogen-bond donors (Lipinski definition) is 3. The van der Waals surface area contributed by atoms with Crippen molar-refractivity contribution in [3.63, 3.8) is 0 Å². The van der Waals surface area contributed by atoms with Crippen molar-refractivity contribution in [2.45, 2.75) is 46.1 Å². The van der Waals surface area contributed by atoms with E-state index in [1.807, 2.05) is 30.6 Å². The second-order valence-corrected chi connectivity index (χ2v) is 9.44. The number of aromatic nitrogens is 1. The third kappa shape index (κ3) is 5.59. The van der Waals surface area contributed by atoms with Gasteiger partial charge in [0.05, 0.1) is 12.8 Å². The molecule has 0 saturated heterocycles. The third-order valence-electron chi connectivity index (χ3n) is 6.54. The SMILES string of the molecule is COC(=O)CCCn1c(C=O)ccc1Cc1c(-c2cc3ccc(O)cc3o2)cc(O)c(CC=C(C)C)c1O. The molecule has 2 aromatic heterocycles. The lowest BCUT2D eigenvalue weighted by atomic mass is 9.94. The van der Waals surface area contributed by atoms with Crippen molar-refractivity contribution in [3.05, 3.63) is 76.6 Å². The number of aromatic hydroxyl groups is 3. The molecule has 8 heteroatoms. The van der Waals surface area contributed by atoms with Crippen LogP contribution in [0.1, 0.15) is 54.0 Å². The van der Waals surface area contributed by atoms with Crippen LogP contribution in [0.3, 0.4) is 0 Å². The molecule has 3 N–H and O–H groups in total. The summed E-state index contributed by atoms with van der Waals surface area (Å²) in [6.45, 7) is 4.29. The summed E-state index contributed by atoms with van der Waals surface area (Å²) in [6.07, 6.45) is 3.93. The monoisotopic (exact) mass is 517 g/mol. The van der Waals surface area contributed by atoms with Crippen LogP contribution in [-0.4, -0.2) is 39.3 Å². The fraction of sp³-hybridized carbons (Fsp3) is 0.267. The maximum Gasteiger partial charge on any atom is 0.305 e. The number of esters is 1. The maximum absolute atomic E-state index is 11.7. The quantitative estimate of drug-likeness (QED) is 0.136. The minimum atomic E-state index is -0.329. The molecule has 2 heterocycles. The summed E-state index contributed by atoms with van der Waals surface area (Å²) in [5, 5.41) is 32.9. The first kappa shape index (κ1) is 26.6. The first-order valence-corrected chi connectivity index (χ1v) is 12.3. The molecule has 0 fully saturated rings. The summed E-state index contributed by atoms with van der Waals surface area (Å²) >= 11 is 0. The molecule has 0 saturated carbocycles. The Morgan fingerprint density at radius 3 is 2.55 bits per heavy atom. The summed E-state index contributed by atoms with van der Waals surface area (Å²) < 4.78 is 12.6. The van der Waals surface area contributed by atoms with E-state index in [4.69, 9.17) is 9.15 Å². The Morgan fingerprint density at radius 1 is 1.05 bits per heavy atom. The Morgan fingerprint density at radius 2 is 1.84 bits per heavy atom. The number of fused-ring (bicyclic) bond motifs is 1. The van der Waals surface area contributed by atoms with Crippen LogP contribution in [0.15, 0.2) is 58.5 Å². The molecule has 0 aliphatic heterocycles. The Labute approximate surface area is 220 Å². The highest BCUT2D eigenvalue weighted by molar-refractivity contribution is 5.85. The van der Waals surface area contributed by atoms with Crippen molar-refractivity contribution in [1.29, 1.82) is 0 Å². The number of methoxy groups -OCH3 is 1. The molecule has 198 valence electrons. The molecule has 4 aromatic rings. The van der Waals surface area contributed by atoms with E-state index in [1.54, 1.807) is 30.3 Å². The highest BCUT2D eigenvalue weighted by Gasteiger charge is 2.22. The number of aldehydes is 1. The van der Waals surface area contributed by atoms with Gasteiger partial charge in [0.15, 0.2) is 6.29 Å². The summed E-state index contributed by atoms with van der Waals surface area (Å²) in [6, 6.07) is 11.7. The first-order valence-electron chi connectivity index (χ1n) is 12.3. The van der Waals surface area contributed by atoms with E-state index in [9.17, 15) is 24.9 Å². The van der Waals surface area contributed by atoms with E-state index >= 15 is 0 Å². The molecule has 0 bridgehead atoms. The number of benzene rings is 2. The lowest BCUT2D eigenvalue weighted by Gasteiger charge is -2.17. The van der Waals surface area contributed by atoms with Gasteiger partial charge in [-0.1, -0.05) is 11.6 Å².